The fourth-order valence-corrected chi connectivity index (χ4v) is 13.5. The number of likely N-dealkylation sites (N-methyl/N-ethyl adjacent to an activating group) is 1. The molecule has 18 heteroatoms. The number of halogens is 1. The molecule has 3 aromatic heterocycles. The number of aromatic nitrogens is 3. The van der Waals surface area contributed by atoms with Gasteiger partial charge in [-0.1, -0.05) is 45.9 Å². The molecular weight excluding hydrogens is 1050 g/mol. The van der Waals surface area contributed by atoms with Gasteiger partial charge in [0.25, 0.3) is 5.91 Å². The number of hydrazine groups is 1. The fraction of sp³-hybridized carbons (Fsp3) is 0.508. The van der Waals surface area contributed by atoms with E-state index in [9.17, 15) is 23.9 Å². The average Bonchev–Trinajstić information content (AvgIpc) is 3.92. The number of rotatable bonds is 12. The number of fused-ring (bicyclic) bond motifs is 7. The molecule has 1 saturated carbocycles. The summed E-state index contributed by atoms with van der Waals surface area (Å²) in [6.45, 7) is 17.5. The molecule has 5 aliphatic rings. The predicted octanol–water partition coefficient (Wildman–Crippen LogP) is 9.21. The zero-order valence-electron chi connectivity index (χ0n) is 49.4. The summed E-state index contributed by atoms with van der Waals surface area (Å²) >= 11 is 0. The van der Waals surface area contributed by atoms with Crippen molar-refractivity contribution in [3.05, 3.63) is 107 Å². The van der Waals surface area contributed by atoms with Crippen molar-refractivity contribution in [3.8, 4) is 28.1 Å². The SMILES string of the molecule is CCn1c(-c2cc(N3CCN(C4CC4)CC3)cnc2[C@H](C)OC)c2c3cc(ccc31)-c1cc(O)cc(c1)C[C@H](NC(=O)[C@H](C(C)C)N(C)C(=O)N1CCC[C@H]1Cc1cc(F)cc3ncccc13)C(=O)N1CCC[C@H](N1)C(=O)OCC(C)(C)C2. The number of carbonyl (C=O) groups is 4. The highest BCUT2D eigenvalue weighted by Crippen LogP contribution is 2.44. The van der Waals surface area contributed by atoms with Gasteiger partial charge in [-0.25, -0.2) is 14.6 Å². The first-order valence-corrected chi connectivity index (χ1v) is 30.0. The number of pyridine rings is 2. The maximum Gasteiger partial charge on any atom is 0.324 e. The number of hydrogen-bond donors (Lipinski definition) is 3. The van der Waals surface area contributed by atoms with E-state index in [2.05, 4.69) is 75.1 Å². The second kappa shape index (κ2) is 23.8. The van der Waals surface area contributed by atoms with Crippen LogP contribution in [0.25, 0.3) is 44.2 Å². The van der Waals surface area contributed by atoms with Crippen molar-refractivity contribution in [2.75, 3.05) is 64.9 Å². The molecule has 11 rings (SSSR count). The molecule has 3 N–H and O–H groups in total. The molecule has 17 nitrogen and oxygen atoms in total. The largest absolute Gasteiger partial charge is 0.508 e. The molecule has 440 valence electrons. The molecule has 3 saturated heterocycles. The van der Waals surface area contributed by atoms with E-state index in [4.69, 9.17) is 14.5 Å². The van der Waals surface area contributed by atoms with E-state index in [1.54, 1.807) is 37.4 Å². The van der Waals surface area contributed by atoms with E-state index in [0.717, 1.165) is 93.8 Å². The standard InChI is InChI=1S/C65H81FN10O7/c1-9-74-57-19-16-42-33-51(57)53(60(74)52-35-48(37-68-58(52)40(4)82-8)73-25-23-72(24-26-73)46-17-18-46)36-65(5,6)38-83-63(80)54-15-12-22-76(70-54)62(79)56(29-41-27-43(42)32-49(77)28-41)69-61(78)59(39(2)3)71(7)64(81)75-21-11-13-47(75)31-44-30-45(66)34-55-50(44)14-10-20-67-55/h10,14,16,19-20,27-28,30,32-35,37,39-40,46-47,54,56,59,70,77H,9,11-13,15,17-18,21-26,29,31,36,38H2,1-8H3,(H,69,78)/t40-,47-,54-,56-,59-/m0/s1. The van der Waals surface area contributed by atoms with Crippen LogP contribution in [0, 0.1) is 17.2 Å². The highest BCUT2D eigenvalue weighted by molar-refractivity contribution is 5.96. The minimum Gasteiger partial charge on any atom is -0.508 e. The molecule has 0 spiro atoms. The third-order valence-electron chi connectivity index (χ3n) is 18.0. The van der Waals surface area contributed by atoms with E-state index >= 15 is 4.79 Å². The van der Waals surface area contributed by atoms with Gasteiger partial charge in [0.2, 0.25) is 5.91 Å². The van der Waals surface area contributed by atoms with Crippen molar-refractivity contribution in [3.63, 3.8) is 0 Å². The Kier molecular flexibility index (Phi) is 16.6. The summed E-state index contributed by atoms with van der Waals surface area (Å²) in [7, 11) is 3.33. The van der Waals surface area contributed by atoms with Crippen LogP contribution in [-0.4, -0.2) is 153 Å². The van der Waals surface area contributed by atoms with E-state index < -0.39 is 47.1 Å². The molecule has 1 aliphatic carbocycles. The number of methoxy groups -OCH3 is 1. The van der Waals surface area contributed by atoms with E-state index in [1.165, 1.54) is 34.9 Å². The smallest absolute Gasteiger partial charge is 0.324 e. The average molecular weight is 1130 g/mol. The van der Waals surface area contributed by atoms with Gasteiger partial charge < -0.3 is 39.2 Å². The molecule has 4 aliphatic heterocycles. The van der Waals surface area contributed by atoms with Gasteiger partial charge in [-0.3, -0.25) is 34.3 Å². The van der Waals surface area contributed by atoms with Crippen molar-refractivity contribution < 1.29 is 38.1 Å². The molecule has 3 aromatic carbocycles. The van der Waals surface area contributed by atoms with Gasteiger partial charge in [-0.2, -0.15) is 0 Å². The maximum absolute atomic E-state index is 15.1. The minimum atomic E-state index is -1.19. The number of urea groups is 1. The van der Waals surface area contributed by atoms with E-state index in [1.807, 2.05) is 45.2 Å². The summed E-state index contributed by atoms with van der Waals surface area (Å²) in [4.78, 5) is 76.9. The number of ether oxygens (including phenoxy) is 2. The normalized spacial score (nSPS) is 21.5. The molecule has 7 heterocycles. The number of aromatic hydroxyl groups is 1. The first-order valence-electron chi connectivity index (χ1n) is 30.0. The zero-order valence-corrected chi connectivity index (χ0v) is 49.4. The maximum atomic E-state index is 15.1. The molecular formula is C65H81FN10O7. The first kappa shape index (κ1) is 57.7. The number of benzene rings is 3. The highest BCUT2D eigenvalue weighted by atomic mass is 19.1. The van der Waals surface area contributed by atoms with Crippen LogP contribution in [0.4, 0.5) is 14.9 Å². The summed E-state index contributed by atoms with van der Waals surface area (Å²) in [5.41, 5.74) is 12.0. The Labute approximate surface area is 486 Å². The molecule has 5 atom stereocenters. The number of cyclic esters (lactones) is 1. The van der Waals surface area contributed by atoms with Gasteiger partial charge in [0.1, 0.15) is 29.7 Å². The lowest BCUT2D eigenvalue weighted by Crippen LogP contribution is -2.62. The van der Waals surface area contributed by atoms with E-state index in [0.29, 0.717) is 62.3 Å². The van der Waals surface area contributed by atoms with Crippen molar-refractivity contribution in [1.29, 1.82) is 0 Å². The Balaban J connectivity index is 0.944. The first-order chi connectivity index (χ1) is 39.9. The van der Waals surface area contributed by atoms with Crippen molar-refractivity contribution in [2.24, 2.45) is 11.3 Å². The number of anilines is 1. The Bertz CT molecular complexity index is 3430. The number of phenols is 1. The van der Waals surface area contributed by atoms with Crippen LogP contribution in [0.1, 0.15) is 109 Å². The molecule has 83 heavy (non-hydrogen) atoms. The van der Waals surface area contributed by atoms with Gasteiger partial charge >= 0.3 is 12.0 Å². The van der Waals surface area contributed by atoms with Crippen molar-refractivity contribution in [1.82, 2.24) is 45.0 Å². The molecule has 6 aromatic rings. The molecule has 0 unspecified atom stereocenters. The van der Waals surface area contributed by atoms with Crippen LogP contribution in [0.3, 0.4) is 0 Å². The lowest BCUT2D eigenvalue weighted by molar-refractivity contribution is -0.155. The quantitative estimate of drug-likeness (QED) is 0.0992. The Morgan fingerprint density at radius 2 is 1.71 bits per heavy atom. The topological polar surface area (TPSA) is 178 Å². The van der Waals surface area contributed by atoms with Crippen LogP contribution in [0.15, 0.2) is 79.1 Å². The van der Waals surface area contributed by atoms with Gasteiger partial charge in [-0.05, 0) is 141 Å². The van der Waals surface area contributed by atoms with Crippen LogP contribution in [0.5, 0.6) is 5.75 Å². The number of hydrogen-bond acceptors (Lipinski definition) is 12. The van der Waals surface area contributed by atoms with Crippen LogP contribution in [0.2, 0.25) is 0 Å². The summed E-state index contributed by atoms with van der Waals surface area (Å²) in [6, 6.07) is 17.7. The number of piperazine rings is 1. The summed E-state index contributed by atoms with van der Waals surface area (Å²) in [6.07, 6.45) is 9.16. The van der Waals surface area contributed by atoms with Gasteiger partial charge in [-0.15, -0.1) is 0 Å². The number of carbonyl (C=O) groups excluding carboxylic acids is 4. The second-order valence-corrected chi connectivity index (χ2v) is 24.9. The molecule has 4 amide bonds. The van der Waals surface area contributed by atoms with Crippen molar-refractivity contribution in [2.45, 2.75) is 142 Å². The Hall–Kier alpha value is -7.15. The zero-order chi connectivity index (χ0) is 58.4. The highest BCUT2D eigenvalue weighted by Gasteiger charge is 2.41. The fourth-order valence-electron chi connectivity index (χ4n) is 13.5. The van der Waals surface area contributed by atoms with Gasteiger partial charge in [0.15, 0.2) is 0 Å². The summed E-state index contributed by atoms with van der Waals surface area (Å²) in [5, 5.41) is 17.9. The number of nitrogens with one attached hydrogen (secondary N) is 2. The number of nitrogens with zero attached hydrogens (tertiary/aromatic N) is 8. The van der Waals surface area contributed by atoms with Crippen LogP contribution < -0.4 is 15.6 Å². The van der Waals surface area contributed by atoms with Gasteiger partial charge in [0, 0.05) is 118 Å². The van der Waals surface area contributed by atoms with E-state index in [-0.39, 0.29) is 49.4 Å². The number of aryl methyl sites for hydroxylation is 1. The third-order valence-corrected chi connectivity index (χ3v) is 18.0. The predicted molar refractivity (Wildman–Crippen MR) is 319 cm³/mol. The number of phenolic OH excluding ortho intramolecular Hbond substituents is 1. The van der Waals surface area contributed by atoms with Crippen LogP contribution >= 0.6 is 0 Å². The number of amides is 4. The second-order valence-electron chi connectivity index (χ2n) is 24.9. The monoisotopic (exact) mass is 1130 g/mol. The number of likely N-dealkylation sites (tertiary alicyclic amines) is 1. The molecule has 6 bridgehead atoms. The number of esters is 1. The summed E-state index contributed by atoms with van der Waals surface area (Å²) in [5.74, 6) is -2.27. The van der Waals surface area contributed by atoms with Gasteiger partial charge in [0.05, 0.1) is 41.5 Å². The Morgan fingerprint density at radius 1 is 0.928 bits per heavy atom. The van der Waals surface area contributed by atoms with Crippen LogP contribution in [-0.2, 0) is 49.7 Å². The third kappa shape index (κ3) is 12.0. The lowest BCUT2D eigenvalue weighted by atomic mass is 9.84. The van der Waals surface area contributed by atoms with Crippen molar-refractivity contribution >= 4 is 51.3 Å². The molecule has 4 fully saturated rings. The minimum absolute atomic E-state index is 0.0105. The Morgan fingerprint density at radius 3 is 2.46 bits per heavy atom. The molecule has 0 radical (unpaired) electrons. The lowest BCUT2D eigenvalue weighted by Gasteiger charge is -2.38. The summed E-state index contributed by atoms with van der Waals surface area (Å²) < 4.78 is 29.6.